The first kappa shape index (κ1) is 21.2. The van der Waals surface area contributed by atoms with Gasteiger partial charge in [0.2, 0.25) is 0 Å². The molecule has 31 heavy (non-hydrogen) atoms. The number of hydrogen-bond donors (Lipinski definition) is 2. The molecule has 1 aromatic carbocycles. The van der Waals surface area contributed by atoms with E-state index in [-0.39, 0.29) is 22.9 Å². The molecule has 4 amide bonds. The van der Waals surface area contributed by atoms with Gasteiger partial charge >= 0.3 is 0 Å². The average Bonchev–Trinajstić information content (AvgIpc) is 3.20. The van der Waals surface area contributed by atoms with E-state index in [0.29, 0.717) is 28.6 Å². The second-order valence-electron chi connectivity index (χ2n) is 8.25. The third kappa shape index (κ3) is 3.76. The first-order chi connectivity index (χ1) is 14.8. The Morgan fingerprint density at radius 3 is 2.68 bits per heavy atom. The maximum Gasteiger partial charge on any atom is 0.261 e. The molecule has 0 fully saturated rings. The zero-order valence-electron chi connectivity index (χ0n) is 17.6. The minimum absolute atomic E-state index is 0.239. The van der Waals surface area contributed by atoms with Crippen molar-refractivity contribution >= 4 is 40.0 Å². The Morgan fingerprint density at radius 1 is 1.23 bits per heavy atom. The number of unbranched alkanes of at least 4 members (excludes halogenated alkanes) is 1. The second-order valence-corrected chi connectivity index (χ2v) is 9.36. The second kappa shape index (κ2) is 8.26. The van der Waals surface area contributed by atoms with E-state index in [4.69, 9.17) is 5.73 Å². The predicted octanol–water partition coefficient (Wildman–Crippen LogP) is 3.62. The number of benzene rings is 1. The van der Waals surface area contributed by atoms with Crippen LogP contribution in [0.25, 0.3) is 0 Å². The molecule has 0 spiro atoms. The van der Waals surface area contributed by atoms with Gasteiger partial charge in [0.05, 0.1) is 16.7 Å². The van der Waals surface area contributed by atoms with Crippen LogP contribution in [0.5, 0.6) is 0 Å². The number of hydrogen-bond acceptors (Lipinski definition) is 5. The van der Waals surface area contributed by atoms with E-state index in [1.807, 2.05) is 6.92 Å². The number of amides is 4. The maximum absolute atomic E-state index is 12.9. The topological polar surface area (TPSA) is 110 Å². The van der Waals surface area contributed by atoms with E-state index in [9.17, 15) is 19.2 Å². The molecule has 0 saturated carbocycles. The molecule has 1 atom stereocenters. The van der Waals surface area contributed by atoms with Gasteiger partial charge in [0.15, 0.2) is 0 Å². The molecule has 7 nitrogen and oxygen atoms in total. The zero-order chi connectivity index (χ0) is 22.3. The monoisotopic (exact) mass is 439 g/mol. The van der Waals surface area contributed by atoms with Crippen LogP contribution >= 0.6 is 11.3 Å². The fourth-order valence-corrected chi connectivity index (χ4v) is 5.64. The van der Waals surface area contributed by atoms with Crippen molar-refractivity contribution in [3.05, 3.63) is 50.9 Å². The molecule has 1 aliphatic heterocycles. The van der Waals surface area contributed by atoms with Crippen LogP contribution in [0.4, 0.5) is 5.00 Å². The fourth-order valence-electron chi connectivity index (χ4n) is 4.23. The number of primary amides is 1. The number of rotatable bonds is 6. The summed E-state index contributed by atoms with van der Waals surface area (Å²) < 4.78 is 0. The molecule has 2 aliphatic rings. The summed E-state index contributed by atoms with van der Waals surface area (Å²) in [6.45, 7) is 4.52. The summed E-state index contributed by atoms with van der Waals surface area (Å²) in [5.74, 6) is -1.17. The van der Waals surface area contributed by atoms with E-state index in [2.05, 4.69) is 12.2 Å². The standard InChI is InChI=1S/C23H25N3O4S/c1-3-4-9-26-22(29)14-8-6-13(11-16(14)23(26)30)20(28)25-21-18(19(24)27)15-7-5-12(2)10-17(15)31-21/h6,8,11-12H,3-5,7,9-10H2,1-2H3,(H2,24,27)(H,25,28)/t12-/m0/s1. The third-order valence-electron chi connectivity index (χ3n) is 5.95. The van der Waals surface area contributed by atoms with Gasteiger partial charge in [0, 0.05) is 17.0 Å². The van der Waals surface area contributed by atoms with Crippen molar-refractivity contribution in [1.82, 2.24) is 4.90 Å². The molecule has 0 unspecified atom stereocenters. The largest absolute Gasteiger partial charge is 0.365 e. The molecule has 1 aromatic heterocycles. The van der Waals surface area contributed by atoms with Crippen LogP contribution in [0.2, 0.25) is 0 Å². The number of nitrogens with zero attached hydrogens (tertiary/aromatic N) is 1. The minimum atomic E-state index is -0.552. The molecule has 0 saturated heterocycles. The Morgan fingerprint density at radius 2 is 1.97 bits per heavy atom. The van der Waals surface area contributed by atoms with E-state index < -0.39 is 11.8 Å². The van der Waals surface area contributed by atoms with Crippen LogP contribution in [0, 0.1) is 5.92 Å². The van der Waals surface area contributed by atoms with E-state index in [1.54, 1.807) is 0 Å². The lowest BCUT2D eigenvalue weighted by Crippen LogP contribution is -2.30. The molecule has 0 bridgehead atoms. The Kier molecular flexibility index (Phi) is 5.66. The molecular weight excluding hydrogens is 414 g/mol. The molecule has 162 valence electrons. The first-order valence-corrected chi connectivity index (χ1v) is 11.4. The summed E-state index contributed by atoms with van der Waals surface area (Å²) in [6.07, 6.45) is 4.21. The van der Waals surface area contributed by atoms with E-state index in [1.165, 1.54) is 34.4 Å². The Bertz CT molecular complexity index is 1100. The van der Waals surface area contributed by atoms with Crippen molar-refractivity contribution in [3.8, 4) is 0 Å². The lowest BCUT2D eigenvalue weighted by Gasteiger charge is -2.18. The van der Waals surface area contributed by atoms with Crippen molar-refractivity contribution in [2.75, 3.05) is 11.9 Å². The molecule has 2 aromatic rings. The summed E-state index contributed by atoms with van der Waals surface area (Å²) in [7, 11) is 0. The number of nitrogens with two attached hydrogens (primary N) is 1. The summed E-state index contributed by atoms with van der Waals surface area (Å²) in [4.78, 5) is 52.5. The molecule has 2 heterocycles. The number of anilines is 1. The van der Waals surface area contributed by atoms with E-state index >= 15 is 0 Å². The molecule has 4 rings (SSSR count). The number of nitrogens with one attached hydrogen (secondary N) is 1. The highest BCUT2D eigenvalue weighted by Gasteiger charge is 2.35. The summed E-state index contributed by atoms with van der Waals surface area (Å²) in [5, 5.41) is 3.26. The van der Waals surface area contributed by atoms with Gasteiger partial charge in [-0.1, -0.05) is 20.3 Å². The van der Waals surface area contributed by atoms with Crippen molar-refractivity contribution in [3.63, 3.8) is 0 Å². The number of imide groups is 1. The van der Waals surface area contributed by atoms with Crippen LogP contribution in [0.1, 0.15) is 85.0 Å². The van der Waals surface area contributed by atoms with Gasteiger partial charge in [-0.25, -0.2) is 0 Å². The Balaban J connectivity index is 1.60. The Hall–Kier alpha value is -3.00. The van der Waals surface area contributed by atoms with Crippen molar-refractivity contribution in [2.24, 2.45) is 11.7 Å². The summed E-state index contributed by atoms with van der Waals surface area (Å²) in [5.41, 5.74) is 7.76. The maximum atomic E-state index is 12.9. The smallest absolute Gasteiger partial charge is 0.261 e. The van der Waals surface area contributed by atoms with Crippen molar-refractivity contribution < 1.29 is 19.2 Å². The van der Waals surface area contributed by atoms with Crippen LogP contribution in [-0.4, -0.2) is 35.1 Å². The summed E-state index contributed by atoms with van der Waals surface area (Å²) >= 11 is 1.39. The zero-order valence-corrected chi connectivity index (χ0v) is 18.4. The lowest BCUT2D eigenvalue weighted by molar-refractivity contribution is 0.0651. The molecule has 0 radical (unpaired) electrons. The highest BCUT2D eigenvalue weighted by Crippen LogP contribution is 2.39. The van der Waals surface area contributed by atoms with Gasteiger partial charge in [-0.05, 0) is 55.4 Å². The normalized spacial score (nSPS) is 17.5. The Labute approximate surface area is 184 Å². The van der Waals surface area contributed by atoms with Gasteiger partial charge in [-0.2, -0.15) is 0 Å². The van der Waals surface area contributed by atoms with Gasteiger partial charge < -0.3 is 11.1 Å². The average molecular weight is 440 g/mol. The third-order valence-corrected chi connectivity index (χ3v) is 7.12. The minimum Gasteiger partial charge on any atom is -0.365 e. The molecule has 8 heteroatoms. The molecular formula is C23H25N3O4S. The highest BCUT2D eigenvalue weighted by molar-refractivity contribution is 7.17. The highest BCUT2D eigenvalue weighted by atomic mass is 32.1. The first-order valence-electron chi connectivity index (χ1n) is 10.6. The number of carbonyl (C=O) groups excluding carboxylic acids is 4. The van der Waals surface area contributed by atoms with Crippen molar-refractivity contribution in [1.29, 1.82) is 0 Å². The molecule has 1 aliphatic carbocycles. The number of fused-ring (bicyclic) bond motifs is 2. The van der Waals surface area contributed by atoms with Crippen LogP contribution in [0.15, 0.2) is 18.2 Å². The number of carbonyl (C=O) groups is 4. The quantitative estimate of drug-likeness (QED) is 0.670. The van der Waals surface area contributed by atoms with Gasteiger partial charge in [-0.15, -0.1) is 11.3 Å². The lowest BCUT2D eigenvalue weighted by atomic mass is 9.88. The number of thiophene rings is 1. The molecule has 3 N–H and O–H groups in total. The van der Waals surface area contributed by atoms with Crippen molar-refractivity contribution in [2.45, 2.75) is 46.0 Å². The van der Waals surface area contributed by atoms with Crippen LogP contribution < -0.4 is 11.1 Å². The van der Waals surface area contributed by atoms with E-state index in [0.717, 1.165) is 42.5 Å². The van der Waals surface area contributed by atoms with Gasteiger partial charge in [-0.3, -0.25) is 24.1 Å². The van der Waals surface area contributed by atoms with Gasteiger partial charge in [0.25, 0.3) is 23.6 Å². The van der Waals surface area contributed by atoms with Crippen LogP contribution in [-0.2, 0) is 12.8 Å². The van der Waals surface area contributed by atoms with Gasteiger partial charge in [0.1, 0.15) is 5.00 Å². The predicted molar refractivity (Wildman–Crippen MR) is 119 cm³/mol. The fraction of sp³-hybridized carbons (Fsp3) is 0.391. The summed E-state index contributed by atoms with van der Waals surface area (Å²) in [6, 6.07) is 4.51. The van der Waals surface area contributed by atoms with Crippen LogP contribution in [0.3, 0.4) is 0 Å². The SMILES string of the molecule is CCCCN1C(=O)c2ccc(C(=O)Nc3sc4c(c3C(N)=O)CC[C@H](C)C4)cc2C1=O.